The van der Waals surface area contributed by atoms with Crippen LogP contribution in [-0.2, 0) is 41.5 Å². The third-order valence-corrected chi connectivity index (χ3v) is 5.03. The number of nitrogens with zero attached hydrogens (tertiary/aromatic N) is 5. The van der Waals surface area contributed by atoms with Crippen molar-refractivity contribution in [3.05, 3.63) is 66.7 Å². The molecule has 0 saturated carbocycles. The number of rotatable bonds is 6. The van der Waals surface area contributed by atoms with Crippen LogP contribution in [0.1, 0.15) is 0 Å². The van der Waals surface area contributed by atoms with E-state index in [1.807, 2.05) is 75.9 Å². The van der Waals surface area contributed by atoms with Gasteiger partial charge in [0.15, 0.2) is 11.6 Å². The minimum absolute atomic E-state index is 0. The van der Waals surface area contributed by atoms with Crippen LogP contribution >= 0.6 is 0 Å². The van der Waals surface area contributed by atoms with Crippen LogP contribution in [-0.4, -0.2) is 38.3 Å². The molecule has 0 saturated heterocycles. The Morgan fingerprint density at radius 2 is 1.03 bits per heavy atom. The van der Waals surface area contributed by atoms with Gasteiger partial charge in [0.2, 0.25) is 0 Å². The zero-order chi connectivity index (χ0) is 20.5. The van der Waals surface area contributed by atoms with Crippen molar-refractivity contribution in [1.29, 1.82) is 0 Å². The average Bonchev–Trinajstić information content (AvgIpc) is 3.34. The van der Waals surface area contributed by atoms with Gasteiger partial charge in [0.1, 0.15) is 24.8 Å². The Kier molecular flexibility index (Phi) is 9.49. The Morgan fingerprint density at radius 3 is 1.45 bits per heavy atom. The Bertz CT molecular complexity index is 1260. The van der Waals surface area contributed by atoms with Crippen LogP contribution in [0.15, 0.2) is 66.7 Å². The summed E-state index contributed by atoms with van der Waals surface area (Å²) in [6, 6.07) is 21.9. The molecule has 3 aromatic heterocycles. The van der Waals surface area contributed by atoms with Crippen LogP contribution in [0.3, 0.4) is 0 Å². The standard InChI is InChI=1S/C23H21N5O2.2ClH.V/c1-29-14-27-20-12-5-3-8-16(20)25-22(27)18-10-7-11-19(24-18)23-26-17-9-4-6-13-21(17)28(23)15-30-2;;;/h3-13H,14-15H2,1-2H3;2*1H;/q;;;+2/p-2. The molecule has 3 heterocycles. The minimum Gasteiger partial charge on any atom is -1.00 e. The van der Waals surface area contributed by atoms with Crippen molar-refractivity contribution in [3.63, 3.8) is 0 Å². The van der Waals surface area contributed by atoms with Gasteiger partial charge in [-0.3, -0.25) is 9.13 Å². The molecule has 0 aliphatic rings. The Hall–Kier alpha value is -2.39. The SMILES string of the molecule is COCn1c(-c2cccc(-c3nc4ccccc4n3COC)n2)nc2ccccc21.[Cl-].[Cl-].[V+2]. The number of hydrogen-bond donors (Lipinski definition) is 0. The zero-order valence-electron chi connectivity index (χ0n) is 18.0. The summed E-state index contributed by atoms with van der Waals surface area (Å²) in [5, 5.41) is 0. The maximum Gasteiger partial charge on any atom is 2.00 e. The fourth-order valence-corrected chi connectivity index (χ4v) is 3.75. The second kappa shape index (κ2) is 11.7. The van der Waals surface area contributed by atoms with Crippen LogP contribution in [0.5, 0.6) is 0 Å². The molecule has 1 radical (unpaired) electrons. The maximum absolute atomic E-state index is 5.42. The molecule has 169 valence electrons. The van der Waals surface area contributed by atoms with E-state index >= 15 is 0 Å². The van der Waals surface area contributed by atoms with E-state index in [2.05, 4.69) is 0 Å². The predicted molar refractivity (Wildman–Crippen MR) is 116 cm³/mol. The summed E-state index contributed by atoms with van der Waals surface area (Å²) in [5.74, 6) is 1.52. The molecule has 5 rings (SSSR count). The molecule has 0 fully saturated rings. The van der Waals surface area contributed by atoms with Crippen LogP contribution in [0, 0.1) is 0 Å². The summed E-state index contributed by atoms with van der Waals surface area (Å²) in [7, 11) is 3.35. The first-order chi connectivity index (χ1) is 14.8. The fraction of sp³-hybridized carbons (Fsp3) is 0.174. The summed E-state index contributed by atoms with van der Waals surface area (Å²) in [6.07, 6.45) is 0. The number of methoxy groups -OCH3 is 2. The molecule has 7 nitrogen and oxygen atoms in total. The molecule has 0 spiro atoms. The number of halogens is 2. The Labute approximate surface area is 215 Å². The van der Waals surface area contributed by atoms with Crippen molar-refractivity contribution >= 4 is 22.1 Å². The van der Waals surface area contributed by atoms with Crippen molar-refractivity contribution < 1.29 is 52.8 Å². The van der Waals surface area contributed by atoms with Gasteiger partial charge in [-0.1, -0.05) is 30.3 Å². The quantitative estimate of drug-likeness (QED) is 0.268. The average molecular weight is 521 g/mol. The van der Waals surface area contributed by atoms with Crippen molar-refractivity contribution in [3.8, 4) is 23.0 Å². The van der Waals surface area contributed by atoms with Crippen molar-refractivity contribution in [2.24, 2.45) is 0 Å². The van der Waals surface area contributed by atoms with E-state index < -0.39 is 0 Å². The van der Waals surface area contributed by atoms with Crippen molar-refractivity contribution in [2.75, 3.05) is 14.2 Å². The van der Waals surface area contributed by atoms with Crippen LogP contribution in [0.4, 0.5) is 0 Å². The van der Waals surface area contributed by atoms with Crippen molar-refractivity contribution in [2.45, 2.75) is 13.5 Å². The van der Waals surface area contributed by atoms with E-state index in [-0.39, 0.29) is 43.4 Å². The molecule has 0 atom stereocenters. The van der Waals surface area contributed by atoms with E-state index in [1.54, 1.807) is 14.2 Å². The van der Waals surface area contributed by atoms with Gasteiger partial charge < -0.3 is 34.3 Å². The summed E-state index contributed by atoms with van der Waals surface area (Å²) in [5.41, 5.74) is 5.35. The molecule has 0 bridgehead atoms. The second-order valence-electron chi connectivity index (χ2n) is 6.95. The van der Waals surface area contributed by atoms with E-state index in [0.717, 1.165) is 45.1 Å². The van der Waals surface area contributed by atoms with Crippen LogP contribution < -0.4 is 24.8 Å². The number of ether oxygens (including phenoxy) is 2. The van der Waals surface area contributed by atoms with E-state index in [4.69, 9.17) is 24.4 Å². The molecule has 10 heteroatoms. The van der Waals surface area contributed by atoms with Crippen LogP contribution in [0.25, 0.3) is 45.1 Å². The van der Waals surface area contributed by atoms with Crippen molar-refractivity contribution in [1.82, 2.24) is 24.1 Å². The molecule has 0 N–H and O–H groups in total. The Morgan fingerprint density at radius 1 is 0.606 bits per heavy atom. The second-order valence-corrected chi connectivity index (χ2v) is 6.95. The number of benzene rings is 2. The maximum atomic E-state index is 5.42. The first-order valence-electron chi connectivity index (χ1n) is 9.66. The molecule has 33 heavy (non-hydrogen) atoms. The molecule has 2 aromatic carbocycles. The third kappa shape index (κ3) is 4.94. The van der Waals surface area contributed by atoms with Crippen LogP contribution in [0.2, 0.25) is 0 Å². The van der Waals surface area contributed by atoms with E-state index in [1.165, 1.54) is 0 Å². The van der Waals surface area contributed by atoms with Gasteiger partial charge in [-0.05, 0) is 36.4 Å². The summed E-state index contributed by atoms with van der Waals surface area (Å²) in [4.78, 5) is 14.5. The number of imidazole rings is 2. The smallest absolute Gasteiger partial charge is 1.00 e. The number of aromatic nitrogens is 5. The number of fused-ring (bicyclic) bond motifs is 2. The van der Waals surface area contributed by atoms with Gasteiger partial charge in [0, 0.05) is 14.2 Å². The first-order valence-corrected chi connectivity index (χ1v) is 9.66. The predicted octanol–water partition coefficient (Wildman–Crippen LogP) is -1.67. The number of pyridine rings is 1. The largest absolute Gasteiger partial charge is 2.00 e. The third-order valence-electron chi connectivity index (χ3n) is 5.03. The fourth-order valence-electron chi connectivity index (χ4n) is 3.75. The van der Waals surface area contributed by atoms with Gasteiger partial charge in [-0.2, -0.15) is 0 Å². The topological polar surface area (TPSA) is 67.0 Å². The van der Waals surface area contributed by atoms with E-state index in [9.17, 15) is 0 Å². The van der Waals surface area contributed by atoms with E-state index in [0.29, 0.717) is 13.5 Å². The van der Waals surface area contributed by atoms with Gasteiger partial charge in [0.25, 0.3) is 0 Å². The summed E-state index contributed by atoms with van der Waals surface area (Å²) in [6.45, 7) is 0.786. The normalized spacial score (nSPS) is 10.5. The number of para-hydroxylation sites is 4. The minimum atomic E-state index is 0. The zero-order valence-corrected chi connectivity index (χ0v) is 20.9. The summed E-state index contributed by atoms with van der Waals surface area (Å²) < 4.78 is 14.9. The monoisotopic (exact) mass is 520 g/mol. The molecular weight excluding hydrogens is 500 g/mol. The Balaban J connectivity index is 0.00000128. The number of hydrogen-bond acceptors (Lipinski definition) is 5. The van der Waals surface area contributed by atoms with Gasteiger partial charge in [0.05, 0.1) is 22.1 Å². The molecular formula is C23H21Cl2N5O2V. The van der Waals surface area contributed by atoms with Gasteiger partial charge in [-0.25, -0.2) is 15.0 Å². The van der Waals surface area contributed by atoms with Gasteiger partial charge in [-0.15, -0.1) is 0 Å². The first kappa shape index (κ1) is 26.9. The molecule has 5 aromatic rings. The summed E-state index contributed by atoms with van der Waals surface area (Å²) >= 11 is 0. The van der Waals surface area contributed by atoms with Gasteiger partial charge >= 0.3 is 18.6 Å². The molecule has 0 aliphatic carbocycles. The molecule has 0 unspecified atom stereocenters. The molecule has 0 amide bonds. The molecule has 0 aliphatic heterocycles.